The molecule has 0 unspecified atom stereocenters. The highest BCUT2D eigenvalue weighted by atomic mass is 16.4. The smallest absolute Gasteiger partial charge is 0.336 e. The quantitative estimate of drug-likeness (QED) is 0.708. The van der Waals surface area contributed by atoms with Crippen LogP contribution in [0.1, 0.15) is 97.5 Å². The van der Waals surface area contributed by atoms with E-state index >= 15 is 0 Å². The first kappa shape index (κ1) is 16.2. The number of carbonyl (C=O) groups is 1. The number of benzene rings is 1. The van der Waals surface area contributed by atoms with Gasteiger partial charge in [-0.3, -0.25) is 0 Å². The van der Waals surface area contributed by atoms with Crippen LogP contribution in [0.3, 0.4) is 0 Å². The largest absolute Gasteiger partial charge is 0.478 e. The average molecular weight is 316 g/mol. The molecule has 126 valence electrons. The Labute approximate surface area is 138 Å². The molecule has 0 bridgehead atoms. The van der Waals surface area contributed by atoms with Crippen LogP contribution in [0.5, 0.6) is 0 Å². The van der Waals surface area contributed by atoms with Crippen molar-refractivity contribution in [2.24, 2.45) is 0 Å². The number of aromatic carboxylic acids is 1. The molecule has 4 nitrogen and oxygen atoms in total. The van der Waals surface area contributed by atoms with Crippen molar-refractivity contribution in [2.45, 2.75) is 76.0 Å². The zero-order valence-electron chi connectivity index (χ0n) is 13.8. The molecule has 0 spiro atoms. The first-order valence-corrected chi connectivity index (χ1v) is 9.04. The van der Waals surface area contributed by atoms with Gasteiger partial charge in [0.1, 0.15) is 0 Å². The Morgan fingerprint density at radius 1 is 0.870 bits per heavy atom. The lowest BCUT2D eigenvalue weighted by molar-refractivity contribution is 0.0695. The molecule has 0 heterocycles. The van der Waals surface area contributed by atoms with Gasteiger partial charge in [0.15, 0.2) is 0 Å². The summed E-state index contributed by atoms with van der Waals surface area (Å²) in [6.45, 7) is 0. The first-order valence-electron chi connectivity index (χ1n) is 9.04. The summed E-state index contributed by atoms with van der Waals surface area (Å²) in [7, 11) is 0. The Morgan fingerprint density at radius 2 is 1.35 bits per heavy atom. The summed E-state index contributed by atoms with van der Waals surface area (Å²) in [5, 5.41) is 9.64. The second-order valence-electron chi connectivity index (χ2n) is 7.23. The van der Waals surface area contributed by atoms with E-state index in [0.29, 0.717) is 22.9 Å². The van der Waals surface area contributed by atoms with E-state index in [-0.39, 0.29) is 5.92 Å². The molecule has 0 amide bonds. The third-order valence-electron chi connectivity index (χ3n) is 5.74. The summed E-state index contributed by atoms with van der Waals surface area (Å²) in [4.78, 5) is 11.7. The molecule has 1 aromatic carbocycles. The zero-order valence-corrected chi connectivity index (χ0v) is 13.8. The molecule has 3 rings (SSSR count). The van der Waals surface area contributed by atoms with Gasteiger partial charge >= 0.3 is 5.97 Å². The van der Waals surface area contributed by atoms with Crippen LogP contribution in [0.15, 0.2) is 6.07 Å². The van der Waals surface area contributed by atoms with Crippen LogP contribution in [0.25, 0.3) is 0 Å². The second kappa shape index (κ2) is 6.81. The van der Waals surface area contributed by atoms with Crippen molar-refractivity contribution in [3.8, 4) is 0 Å². The van der Waals surface area contributed by atoms with Crippen molar-refractivity contribution in [3.63, 3.8) is 0 Å². The maximum absolute atomic E-state index is 11.7. The number of hydrogen-bond donors (Lipinski definition) is 3. The minimum absolute atomic E-state index is 0.276. The van der Waals surface area contributed by atoms with Crippen molar-refractivity contribution in [2.75, 3.05) is 11.5 Å². The summed E-state index contributed by atoms with van der Waals surface area (Å²) < 4.78 is 0. The van der Waals surface area contributed by atoms with Gasteiger partial charge in [-0.2, -0.15) is 0 Å². The van der Waals surface area contributed by atoms with Crippen LogP contribution in [0.4, 0.5) is 11.4 Å². The van der Waals surface area contributed by atoms with E-state index in [1.165, 1.54) is 25.7 Å². The van der Waals surface area contributed by atoms with E-state index in [1.807, 2.05) is 0 Å². The van der Waals surface area contributed by atoms with Crippen molar-refractivity contribution in [1.29, 1.82) is 0 Å². The van der Waals surface area contributed by atoms with Gasteiger partial charge in [-0.25, -0.2) is 4.79 Å². The Hall–Kier alpha value is -1.71. The lowest BCUT2D eigenvalue weighted by atomic mass is 9.76. The molecule has 2 fully saturated rings. The summed E-state index contributed by atoms with van der Waals surface area (Å²) in [6, 6.07) is 1.67. The van der Waals surface area contributed by atoms with Gasteiger partial charge in [0.25, 0.3) is 0 Å². The number of nitrogens with two attached hydrogens (primary N) is 2. The van der Waals surface area contributed by atoms with Gasteiger partial charge in [0, 0.05) is 16.9 Å². The highest BCUT2D eigenvalue weighted by Gasteiger charge is 2.29. The number of anilines is 2. The average Bonchev–Trinajstić information content (AvgIpc) is 2.56. The van der Waals surface area contributed by atoms with Crippen molar-refractivity contribution >= 4 is 17.3 Å². The monoisotopic (exact) mass is 316 g/mol. The summed E-state index contributed by atoms with van der Waals surface area (Å²) in [5.74, 6) is -0.231. The van der Waals surface area contributed by atoms with Crippen LogP contribution in [-0.4, -0.2) is 11.1 Å². The van der Waals surface area contributed by atoms with E-state index in [4.69, 9.17) is 11.5 Å². The van der Waals surface area contributed by atoms with Crippen LogP contribution >= 0.6 is 0 Å². The fraction of sp³-hybridized carbons (Fsp3) is 0.632. The Morgan fingerprint density at radius 3 is 1.83 bits per heavy atom. The summed E-state index contributed by atoms with van der Waals surface area (Å²) >= 11 is 0. The highest BCUT2D eigenvalue weighted by Crippen LogP contribution is 2.45. The predicted molar refractivity (Wildman–Crippen MR) is 93.9 cm³/mol. The predicted octanol–water partition coefficient (Wildman–Crippen LogP) is 4.64. The van der Waals surface area contributed by atoms with E-state index < -0.39 is 5.97 Å². The molecule has 0 atom stereocenters. The van der Waals surface area contributed by atoms with Gasteiger partial charge in [0.2, 0.25) is 0 Å². The second-order valence-corrected chi connectivity index (χ2v) is 7.23. The molecular formula is C19H28N2O2. The Balaban J connectivity index is 2.08. The molecule has 2 aliphatic rings. The van der Waals surface area contributed by atoms with Crippen LogP contribution in [-0.2, 0) is 0 Å². The molecule has 0 saturated heterocycles. The SMILES string of the molecule is Nc1cc(C(=O)O)c(C2CCCCC2)c(N)c1C1CCCCC1. The maximum Gasteiger partial charge on any atom is 0.336 e. The number of hydrogen-bond acceptors (Lipinski definition) is 3. The van der Waals surface area contributed by atoms with Crippen LogP contribution < -0.4 is 11.5 Å². The molecule has 5 N–H and O–H groups in total. The molecule has 0 aromatic heterocycles. The lowest BCUT2D eigenvalue weighted by Crippen LogP contribution is -2.18. The third-order valence-corrected chi connectivity index (χ3v) is 5.74. The Bertz CT molecular complexity index is 586. The highest BCUT2D eigenvalue weighted by molar-refractivity contribution is 5.94. The zero-order chi connectivity index (χ0) is 16.4. The van der Waals surface area contributed by atoms with E-state index in [9.17, 15) is 9.90 Å². The minimum atomic E-state index is -0.904. The standard InChI is InChI=1S/C19H28N2O2/c20-15-11-14(19(22)23)16(12-7-3-1-4-8-12)18(21)17(15)13-9-5-2-6-10-13/h11-13H,1-10,20-21H2,(H,22,23). The summed E-state index contributed by atoms with van der Waals surface area (Å²) in [5.41, 5.74) is 16.3. The molecule has 2 saturated carbocycles. The molecule has 23 heavy (non-hydrogen) atoms. The lowest BCUT2D eigenvalue weighted by Gasteiger charge is -2.30. The third kappa shape index (κ3) is 3.17. The topological polar surface area (TPSA) is 89.3 Å². The van der Waals surface area contributed by atoms with Crippen molar-refractivity contribution in [3.05, 3.63) is 22.8 Å². The number of carboxylic acid groups (broad SMARTS) is 1. The van der Waals surface area contributed by atoms with Crippen LogP contribution in [0, 0.1) is 0 Å². The molecular weight excluding hydrogens is 288 g/mol. The summed E-state index contributed by atoms with van der Waals surface area (Å²) in [6.07, 6.45) is 11.6. The van der Waals surface area contributed by atoms with Gasteiger partial charge in [-0.15, -0.1) is 0 Å². The van der Waals surface area contributed by atoms with Gasteiger partial charge in [-0.05, 0) is 49.1 Å². The van der Waals surface area contributed by atoms with Gasteiger partial charge in [0.05, 0.1) is 5.56 Å². The number of nitrogen functional groups attached to an aromatic ring is 2. The molecule has 2 aliphatic carbocycles. The number of carboxylic acids is 1. The van der Waals surface area contributed by atoms with Crippen LogP contribution in [0.2, 0.25) is 0 Å². The fourth-order valence-electron chi connectivity index (χ4n) is 4.61. The van der Waals surface area contributed by atoms with E-state index in [0.717, 1.165) is 49.7 Å². The molecule has 0 aliphatic heterocycles. The maximum atomic E-state index is 11.7. The molecule has 0 radical (unpaired) electrons. The number of rotatable bonds is 3. The first-order chi connectivity index (χ1) is 11.1. The van der Waals surface area contributed by atoms with Crippen molar-refractivity contribution < 1.29 is 9.90 Å². The van der Waals surface area contributed by atoms with Gasteiger partial charge in [-0.1, -0.05) is 38.5 Å². The van der Waals surface area contributed by atoms with Gasteiger partial charge < -0.3 is 16.6 Å². The Kier molecular flexibility index (Phi) is 4.79. The van der Waals surface area contributed by atoms with E-state index in [2.05, 4.69) is 0 Å². The molecule has 4 heteroatoms. The normalized spacial score (nSPS) is 20.5. The van der Waals surface area contributed by atoms with E-state index in [1.54, 1.807) is 6.07 Å². The van der Waals surface area contributed by atoms with Crippen molar-refractivity contribution in [1.82, 2.24) is 0 Å². The minimum Gasteiger partial charge on any atom is -0.478 e. The fourth-order valence-corrected chi connectivity index (χ4v) is 4.61. The molecule has 1 aromatic rings.